The van der Waals surface area contributed by atoms with Gasteiger partial charge in [0.15, 0.2) is 6.10 Å². The van der Waals surface area contributed by atoms with Crippen LogP contribution < -0.4 is 4.84 Å². The number of allylic oxidation sites excluding steroid dienone is 1. The monoisotopic (exact) mass is 498 g/mol. The lowest BCUT2D eigenvalue weighted by molar-refractivity contribution is 0.0470. The molecule has 0 aliphatic heterocycles. The molecule has 1 unspecified atom stereocenters. The summed E-state index contributed by atoms with van der Waals surface area (Å²) >= 11 is 12.5. The highest BCUT2D eigenvalue weighted by molar-refractivity contribution is 6.36. The first kappa shape index (κ1) is 25.7. The van der Waals surface area contributed by atoms with E-state index in [0.29, 0.717) is 10.6 Å². The van der Waals surface area contributed by atoms with Crippen LogP contribution in [-0.2, 0) is 7.05 Å². The van der Waals surface area contributed by atoms with E-state index < -0.39 is 11.9 Å². The number of hydrogen-bond donors (Lipinski definition) is 0. The third kappa shape index (κ3) is 5.08. The van der Waals surface area contributed by atoms with Crippen LogP contribution in [0.3, 0.4) is 0 Å². The van der Waals surface area contributed by atoms with Gasteiger partial charge < -0.3 is 9.40 Å². The van der Waals surface area contributed by atoms with Gasteiger partial charge >= 0.3 is 0 Å². The molecule has 2 aromatic heterocycles. The lowest BCUT2D eigenvalue weighted by Crippen LogP contribution is -2.17. The molecule has 0 aliphatic carbocycles. The quantitative estimate of drug-likeness (QED) is 0.192. The number of benzene rings is 2. The Hall–Kier alpha value is -2.95. The second-order valence-corrected chi connectivity index (χ2v) is 8.72. The zero-order valence-corrected chi connectivity index (χ0v) is 21.4. The molecule has 2 heterocycles. The van der Waals surface area contributed by atoms with Crippen LogP contribution >= 0.6 is 23.2 Å². The first-order chi connectivity index (χ1) is 16.3. The predicted molar refractivity (Wildman–Crippen MR) is 143 cm³/mol. The molecule has 0 saturated heterocycles. The normalized spacial score (nSPS) is 12.4. The summed E-state index contributed by atoms with van der Waals surface area (Å²) in [4.78, 5) is 6.16. The number of fused-ring (bicyclic) bond motifs is 1. The maximum Gasteiger partial charge on any atom is 0.150 e. The van der Waals surface area contributed by atoms with E-state index in [9.17, 15) is 4.39 Å². The summed E-state index contributed by atoms with van der Waals surface area (Å²) in [5, 5.41) is 1.56. The molecule has 2 aromatic carbocycles. The zero-order chi connectivity index (χ0) is 25.0. The molecule has 0 radical (unpaired) electrons. The number of halogens is 3. The molecule has 0 amide bonds. The topological polar surface area (TPSA) is 19.1 Å². The molecule has 0 N–H and O–H groups in total. The minimum absolute atomic E-state index is 0.0172. The minimum atomic E-state index is -0.546. The van der Waals surface area contributed by atoms with E-state index in [-0.39, 0.29) is 5.02 Å². The van der Waals surface area contributed by atoms with Crippen molar-refractivity contribution < 1.29 is 9.23 Å². The first-order valence-corrected chi connectivity index (χ1v) is 11.8. The summed E-state index contributed by atoms with van der Waals surface area (Å²) in [6.07, 6.45) is 6.38. The number of rotatable bonds is 6. The Morgan fingerprint density at radius 2 is 1.85 bits per heavy atom. The first-order valence-electron chi connectivity index (χ1n) is 11.0. The Kier molecular flexibility index (Phi) is 8.29. The number of aryl methyl sites for hydroxylation is 2. The number of hydrogen-bond acceptors (Lipinski definition) is 1. The van der Waals surface area contributed by atoms with Crippen LogP contribution in [0.25, 0.3) is 22.6 Å². The highest BCUT2D eigenvalue weighted by Gasteiger charge is 2.20. The van der Waals surface area contributed by atoms with Gasteiger partial charge in [-0.3, -0.25) is 0 Å². The third-order valence-corrected chi connectivity index (χ3v) is 6.52. The van der Waals surface area contributed by atoms with E-state index in [1.165, 1.54) is 34.2 Å². The van der Waals surface area contributed by atoms with Crippen molar-refractivity contribution in [3.63, 3.8) is 0 Å². The number of aromatic nitrogens is 2. The molecule has 0 fully saturated rings. The maximum atomic E-state index is 14.0. The SMILES string of the molecule is C=C.CC/C(=C\c1c(C)ccn1OC(C)c1c(Cl)ccc(F)c1Cl)c1ccc2c(ccn2C)c1. The molecule has 1 atom stereocenters. The fourth-order valence-corrected chi connectivity index (χ4v) is 4.64. The summed E-state index contributed by atoms with van der Waals surface area (Å²) in [5.74, 6) is -0.519. The predicted octanol–water partition coefficient (Wildman–Crippen LogP) is 8.68. The Balaban J connectivity index is 0.00000158. The average molecular weight is 499 g/mol. The zero-order valence-electron chi connectivity index (χ0n) is 19.9. The lowest BCUT2D eigenvalue weighted by Gasteiger charge is -2.20. The van der Waals surface area contributed by atoms with E-state index >= 15 is 0 Å². The third-order valence-electron chi connectivity index (χ3n) is 5.81. The summed E-state index contributed by atoms with van der Waals surface area (Å²) in [5.41, 5.74) is 5.98. The molecule has 178 valence electrons. The average Bonchev–Trinajstić information content (AvgIpc) is 3.37. The van der Waals surface area contributed by atoms with Gasteiger partial charge in [0, 0.05) is 40.9 Å². The van der Waals surface area contributed by atoms with Crippen molar-refractivity contribution in [1.82, 2.24) is 9.30 Å². The molecule has 0 bridgehead atoms. The van der Waals surface area contributed by atoms with Gasteiger partial charge in [0.2, 0.25) is 0 Å². The summed E-state index contributed by atoms with van der Waals surface area (Å²) < 4.78 is 17.8. The van der Waals surface area contributed by atoms with Gasteiger partial charge in [-0.15, -0.1) is 13.2 Å². The van der Waals surface area contributed by atoms with Crippen molar-refractivity contribution in [3.8, 4) is 0 Å². The fraction of sp³-hybridized carbons (Fsp3) is 0.214. The smallest absolute Gasteiger partial charge is 0.150 e. The van der Waals surface area contributed by atoms with Crippen LogP contribution in [0.2, 0.25) is 10.0 Å². The van der Waals surface area contributed by atoms with Crippen LogP contribution in [0, 0.1) is 12.7 Å². The fourth-order valence-electron chi connectivity index (χ4n) is 3.96. The lowest BCUT2D eigenvalue weighted by atomic mass is 10.00. The molecule has 34 heavy (non-hydrogen) atoms. The molecule has 6 heteroatoms. The van der Waals surface area contributed by atoms with Crippen molar-refractivity contribution in [2.75, 3.05) is 0 Å². The van der Waals surface area contributed by atoms with Crippen molar-refractivity contribution >= 4 is 45.8 Å². The van der Waals surface area contributed by atoms with E-state index in [0.717, 1.165) is 17.7 Å². The van der Waals surface area contributed by atoms with Gasteiger partial charge in [0.05, 0.1) is 10.7 Å². The van der Waals surface area contributed by atoms with Crippen LogP contribution in [0.4, 0.5) is 4.39 Å². The van der Waals surface area contributed by atoms with Crippen LogP contribution in [0.15, 0.2) is 68.0 Å². The summed E-state index contributed by atoms with van der Waals surface area (Å²) in [6, 6.07) is 13.4. The van der Waals surface area contributed by atoms with Gasteiger partial charge in [-0.1, -0.05) is 36.2 Å². The minimum Gasteiger partial charge on any atom is -0.406 e. The van der Waals surface area contributed by atoms with Gasteiger partial charge in [-0.25, -0.2) is 4.39 Å². The summed E-state index contributed by atoms with van der Waals surface area (Å²) in [7, 11) is 2.05. The van der Waals surface area contributed by atoms with E-state index in [2.05, 4.69) is 61.2 Å². The molecule has 4 rings (SSSR count). The van der Waals surface area contributed by atoms with Gasteiger partial charge in [-0.05, 0) is 79.4 Å². The second kappa shape index (κ2) is 11.0. The van der Waals surface area contributed by atoms with Crippen LogP contribution in [0.5, 0.6) is 0 Å². The van der Waals surface area contributed by atoms with Gasteiger partial charge in [0.25, 0.3) is 0 Å². The maximum absolute atomic E-state index is 14.0. The van der Waals surface area contributed by atoms with Crippen LogP contribution in [-0.4, -0.2) is 9.30 Å². The standard InChI is InChI=1S/C26H25Cl2FN2O.C2H4/c1-5-18(19-6-9-23-20(14-19)11-12-30(23)4)15-24-16(2)10-13-31(24)32-17(3)25-21(27)7-8-22(29)26(25)28;1-2/h6-15,17H,5H2,1-4H3;1-2H2/b18-15+;. The number of nitrogens with zero attached hydrogens (tertiary/aromatic N) is 2. The van der Waals surface area contributed by atoms with Gasteiger partial charge in [0.1, 0.15) is 5.82 Å². The Bertz CT molecular complexity index is 1340. The van der Waals surface area contributed by atoms with E-state index in [1.807, 2.05) is 26.2 Å². The summed E-state index contributed by atoms with van der Waals surface area (Å²) in [6.45, 7) is 12.0. The Morgan fingerprint density at radius 1 is 1.12 bits per heavy atom. The van der Waals surface area contributed by atoms with Gasteiger partial charge in [-0.2, -0.15) is 4.73 Å². The molecule has 0 spiro atoms. The highest BCUT2D eigenvalue weighted by atomic mass is 35.5. The Morgan fingerprint density at radius 3 is 2.56 bits per heavy atom. The van der Waals surface area contributed by atoms with Crippen LogP contribution in [0.1, 0.15) is 48.8 Å². The molecular formula is C28H29Cl2FN2O. The molecule has 3 nitrogen and oxygen atoms in total. The Labute approximate surface area is 210 Å². The van der Waals surface area contributed by atoms with Crippen molar-refractivity contribution in [2.45, 2.75) is 33.3 Å². The largest absolute Gasteiger partial charge is 0.406 e. The molecule has 4 aromatic rings. The van der Waals surface area contributed by atoms with E-state index in [4.69, 9.17) is 28.0 Å². The molecule has 0 aliphatic rings. The van der Waals surface area contributed by atoms with Crippen molar-refractivity contribution in [3.05, 3.63) is 106 Å². The second-order valence-electron chi connectivity index (χ2n) is 7.94. The van der Waals surface area contributed by atoms with Crippen molar-refractivity contribution in [2.24, 2.45) is 7.05 Å². The molecule has 0 saturated carbocycles. The van der Waals surface area contributed by atoms with E-state index in [1.54, 1.807) is 11.7 Å². The highest BCUT2D eigenvalue weighted by Crippen LogP contribution is 2.34. The van der Waals surface area contributed by atoms with Crippen molar-refractivity contribution in [1.29, 1.82) is 0 Å². The molecular weight excluding hydrogens is 470 g/mol.